The third-order valence-corrected chi connectivity index (χ3v) is 2.43. The molecule has 4 heteroatoms. The summed E-state index contributed by atoms with van der Waals surface area (Å²) in [6, 6.07) is 7.08. The van der Waals surface area contributed by atoms with Crippen LogP contribution in [0, 0.1) is 0 Å². The average molecular weight is 230 g/mol. The van der Waals surface area contributed by atoms with Gasteiger partial charge in [-0.25, -0.2) is 4.79 Å². The number of urea groups is 1. The fraction of sp³-hybridized carbons (Fsp3) is 0.308. The van der Waals surface area contributed by atoms with E-state index in [0.29, 0.717) is 5.71 Å². The summed E-state index contributed by atoms with van der Waals surface area (Å²) in [6.07, 6.45) is 3.65. The summed E-state index contributed by atoms with van der Waals surface area (Å²) in [5, 5.41) is 0. The minimum absolute atomic E-state index is 0.441. The van der Waals surface area contributed by atoms with E-state index in [1.54, 1.807) is 0 Å². The second kappa shape index (κ2) is 5.39. The van der Waals surface area contributed by atoms with Crippen LogP contribution in [0.2, 0.25) is 0 Å². The van der Waals surface area contributed by atoms with Crippen LogP contribution < -0.4 is 4.74 Å². The van der Waals surface area contributed by atoms with Crippen molar-refractivity contribution in [2.75, 3.05) is 6.61 Å². The van der Waals surface area contributed by atoms with Crippen molar-refractivity contribution in [3.05, 3.63) is 29.8 Å². The number of hydrogen-bond donors (Lipinski definition) is 0. The van der Waals surface area contributed by atoms with Gasteiger partial charge in [-0.05, 0) is 30.7 Å². The first kappa shape index (κ1) is 11.5. The summed E-state index contributed by atoms with van der Waals surface area (Å²) in [7, 11) is 0. The van der Waals surface area contributed by atoms with E-state index < -0.39 is 6.03 Å². The number of rotatable bonds is 5. The number of nitrogens with zero attached hydrogens (tertiary/aromatic N) is 2. The van der Waals surface area contributed by atoms with Crippen LogP contribution in [-0.4, -0.2) is 24.6 Å². The molecule has 0 unspecified atom stereocenters. The van der Waals surface area contributed by atoms with Crippen LogP contribution >= 0.6 is 0 Å². The Labute approximate surface area is 100 Å². The lowest BCUT2D eigenvalue weighted by Crippen LogP contribution is -2.00. The lowest BCUT2D eigenvalue weighted by atomic mass is 10.1. The van der Waals surface area contributed by atoms with Crippen LogP contribution in [0.4, 0.5) is 4.79 Å². The Morgan fingerprint density at radius 2 is 2.00 bits per heavy atom. The molecular weight excluding hydrogens is 216 g/mol. The average Bonchev–Trinajstić information content (AvgIpc) is 2.77. The summed E-state index contributed by atoms with van der Waals surface area (Å²) in [6.45, 7) is 2.86. The maximum absolute atomic E-state index is 10.9. The molecule has 0 N–H and O–H groups in total. The second-order valence-corrected chi connectivity index (χ2v) is 3.76. The smallest absolute Gasteiger partial charge is 0.367 e. The van der Waals surface area contributed by atoms with Crippen molar-refractivity contribution < 1.29 is 9.53 Å². The zero-order valence-corrected chi connectivity index (χ0v) is 9.72. The van der Waals surface area contributed by atoms with E-state index in [4.69, 9.17) is 4.74 Å². The monoisotopic (exact) mass is 230 g/mol. The molecule has 0 saturated carbocycles. The SMILES string of the molecule is CCCCOc1ccc(C2=NC(=O)N=C2)cc1. The zero-order chi connectivity index (χ0) is 12.1. The summed E-state index contributed by atoms with van der Waals surface area (Å²) >= 11 is 0. The van der Waals surface area contributed by atoms with Crippen LogP contribution in [0.15, 0.2) is 34.3 Å². The van der Waals surface area contributed by atoms with Crippen molar-refractivity contribution in [1.29, 1.82) is 0 Å². The maximum Gasteiger partial charge on any atom is 0.367 e. The molecule has 0 aromatic heterocycles. The zero-order valence-electron chi connectivity index (χ0n) is 9.72. The lowest BCUT2D eigenvalue weighted by molar-refractivity contribution is 0.257. The van der Waals surface area contributed by atoms with Crippen LogP contribution in [0.1, 0.15) is 25.3 Å². The van der Waals surface area contributed by atoms with Crippen LogP contribution in [-0.2, 0) is 0 Å². The number of unbranched alkanes of at least 4 members (excludes halogenated alkanes) is 1. The van der Waals surface area contributed by atoms with E-state index >= 15 is 0 Å². The summed E-state index contributed by atoms with van der Waals surface area (Å²) < 4.78 is 5.54. The number of carbonyl (C=O) groups excluding carboxylic acids is 1. The fourth-order valence-electron chi connectivity index (χ4n) is 1.47. The molecule has 88 valence electrons. The topological polar surface area (TPSA) is 51.0 Å². The Kier molecular flexibility index (Phi) is 3.65. The molecule has 0 spiro atoms. The van der Waals surface area contributed by atoms with Gasteiger partial charge >= 0.3 is 6.03 Å². The molecule has 17 heavy (non-hydrogen) atoms. The normalized spacial score (nSPS) is 13.9. The van der Waals surface area contributed by atoms with E-state index in [2.05, 4.69) is 16.9 Å². The number of carbonyl (C=O) groups is 1. The first-order chi connectivity index (χ1) is 8.29. The Balaban J connectivity index is 2.01. The van der Waals surface area contributed by atoms with Crippen molar-refractivity contribution in [2.24, 2.45) is 9.98 Å². The first-order valence-electron chi connectivity index (χ1n) is 5.69. The number of hydrogen-bond acceptors (Lipinski definition) is 2. The van der Waals surface area contributed by atoms with Gasteiger partial charge in [-0.3, -0.25) is 0 Å². The second-order valence-electron chi connectivity index (χ2n) is 3.76. The van der Waals surface area contributed by atoms with E-state index in [0.717, 1.165) is 30.8 Å². The van der Waals surface area contributed by atoms with E-state index in [9.17, 15) is 4.79 Å². The van der Waals surface area contributed by atoms with Crippen LogP contribution in [0.25, 0.3) is 0 Å². The van der Waals surface area contributed by atoms with Gasteiger partial charge in [-0.15, -0.1) is 0 Å². The van der Waals surface area contributed by atoms with Crippen LogP contribution in [0.3, 0.4) is 0 Å². The Morgan fingerprint density at radius 3 is 2.59 bits per heavy atom. The van der Waals surface area contributed by atoms with Crippen molar-refractivity contribution in [2.45, 2.75) is 19.8 Å². The Morgan fingerprint density at radius 1 is 1.24 bits per heavy atom. The highest BCUT2D eigenvalue weighted by Crippen LogP contribution is 2.14. The molecule has 2 amide bonds. The van der Waals surface area contributed by atoms with Crippen LogP contribution in [0.5, 0.6) is 5.75 Å². The largest absolute Gasteiger partial charge is 0.494 e. The molecule has 0 fully saturated rings. The molecule has 1 aromatic rings. The molecule has 0 saturated heterocycles. The summed E-state index contributed by atoms with van der Waals surface area (Å²) in [5.41, 5.74) is 1.48. The van der Waals surface area contributed by atoms with Gasteiger partial charge in [0.1, 0.15) is 5.75 Å². The predicted molar refractivity (Wildman–Crippen MR) is 67.3 cm³/mol. The van der Waals surface area contributed by atoms with E-state index in [1.807, 2.05) is 24.3 Å². The Bertz CT molecular complexity index is 461. The molecule has 0 bridgehead atoms. The molecule has 0 aliphatic carbocycles. The molecule has 1 aliphatic rings. The summed E-state index contributed by atoms with van der Waals surface area (Å²) in [4.78, 5) is 18.2. The highest BCUT2D eigenvalue weighted by Gasteiger charge is 2.09. The molecule has 1 aliphatic heterocycles. The molecular formula is C13H14N2O2. The number of amides is 2. The first-order valence-corrected chi connectivity index (χ1v) is 5.69. The molecule has 1 heterocycles. The third-order valence-electron chi connectivity index (χ3n) is 2.43. The van der Waals surface area contributed by atoms with Crippen molar-refractivity contribution in [3.8, 4) is 5.75 Å². The van der Waals surface area contributed by atoms with Crippen molar-refractivity contribution >= 4 is 18.0 Å². The minimum atomic E-state index is -0.441. The van der Waals surface area contributed by atoms with Gasteiger partial charge in [-0.2, -0.15) is 9.98 Å². The number of aliphatic imine (C=N–C) groups is 2. The lowest BCUT2D eigenvalue weighted by Gasteiger charge is -2.05. The molecule has 0 radical (unpaired) electrons. The minimum Gasteiger partial charge on any atom is -0.494 e. The van der Waals surface area contributed by atoms with Crippen molar-refractivity contribution in [3.63, 3.8) is 0 Å². The Hall–Kier alpha value is -1.97. The van der Waals surface area contributed by atoms with Gasteiger partial charge in [0.05, 0.1) is 18.5 Å². The molecule has 1 aromatic carbocycles. The fourth-order valence-corrected chi connectivity index (χ4v) is 1.47. The van der Waals surface area contributed by atoms with Crippen molar-refractivity contribution in [1.82, 2.24) is 0 Å². The van der Waals surface area contributed by atoms with Gasteiger partial charge in [0.25, 0.3) is 0 Å². The standard InChI is InChI=1S/C13H14N2O2/c1-2-3-8-17-11-6-4-10(5-7-11)12-9-14-13(16)15-12/h4-7,9H,2-3,8H2,1H3. The molecule has 2 rings (SSSR count). The quantitative estimate of drug-likeness (QED) is 0.730. The molecule has 0 atom stereocenters. The van der Waals surface area contributed by atoms with Gasteiger partial charge < -0.3 is 4.74 Å². The summed E-state index contributed by atoms with van der Waals surface area (Å²) in [5.74, 6) is 0.837. The highest BCUT2D eigenvalue weighted by atomic mass is 16.5. The van der Waals surface area contributed by atoms with Gasteiger partial charge in [-0.1, -0.05) is 13.3 Å². The maximum atomic E-state index is 10.9. The van der Waals surface area contributed by atoms with Gasteiger partial charge in [0.15, 0.2) is 0 Å². The van der Waals surface area contributed by atoms with Gasteiger partial charge in [0.2, 0.25) is 0 Å². The highest BCUT2D eigenvalue weighted by molar-refractivity contribution is 6.43. The molecule has 4 nitrogen and oxygen atoms in total. The van der Waals surface area contributed by atoms with Gasteiger partial charge in [0, 0.05) is 5.56 Å². The van der Waals surface area contributed by atoms with E-state index in [-0.39, 0.29) is 0 Å². The predicted octanol–water partition coefficient (Wildman–Crippen LogP) is 2.86. The number of benzene rings is 1. The van der Waals surface area contributed by atoms with E-state index in [1.165, 1.54) is 6.21 Å². The number of ether oxygens (including phenoxy) is 1. The third kappa shape index (κ3) is 3.00.